The number of halogens is 1. The molecule has 0 aliphatic carbocycles. The highest BCUT2D eigenvalue weighted by molar-refractivity contribution is 7.16. The first-order chi connectivity index (χ1) is 8.67. The van der Waals surface area contributed by atoms with Gasteiger partial charge in [0.1, 0.15) is 0 Å². The molecule has 0 atom stereocenters. The lowest BCUT2D eigenvalue weighted by atomic mass is 10.5. The van der Waals surface area contributed by atoms with E-state index < -0.39 is 0 Å². The number of thiophene rings is 1. The maximum atomic E-state index is 5.84. The van der Waals surface area contributed by atoms with Crippen molar-refractivity contribution in [3.05, 3.63) is 21.3 Å². The molecule has 0 aromatic carbocycles. The average Bonchev–Trinajstić information content (AvgIpc) is 2.72. The molecular formula is C10H12ClN5OS. The standard InChI is InChI=1S/C10H12ClN5OS/c1-2-17-10-15-8(12)14-9(16-10)13-5-6-3-4-7(11)18-6/h3-4H,2,5H2,1H3,(H3,12,13,14,15,16). The van der Waals surface area contributed by atoms with E-state index in [1.54, 1.807) is 0 Å². The van der Waals surface area contributed by atoms with E-state index in [-0.39, 0.29) is 12.0 Å². The molecule has 0 aliphatic heterocycles. The quantitative estimate of drug-likeness (QED) is 0.876. The molecule has 3 N–H and O–H groups in total. The number of nitrogens with zero attached hydrogens (tertiary/aromatic N) is 3. The van der Waals surface area contributed by atoms with Crippen LogP contribution in [0.2, 0.25) is 4.34 Å². The van der Waals surface area contributed by atoms with Crippen molar-refractivity contribution >= 4 is 34.8 Å². The van der Waals surface area contributed by atoms with Gasteiger partial charge in [0.2, 0.25) is 11.9 Å². The lowest BCUT2D eigenvalue weighted by molar-refractivity contribution is 0.312. The van der Waals surface area contributed by atoms with E-state index in [0.29, 0.717) is 19.1 Å². The van der Waals surface area contributed by atoms with Crippen LogP contribution in [0.4, 0.5) is 11.9 Å². The molecule has 0 amide bonds. The number of nitrogens with one attached hydrogen (secondary N) is 1. The molecule has 6 nitrogen and oxygen atoms in total. The first kappa shape index (κ1) is 12.8. The smallest absolute Gasteiger partial charge is 0.323 e. The third kappa shape index (κ3) is 3.44. The number of nitrogens with two attached hydrogens (primary N) is 1. The van der Waals surface area contributed by atoms with Crippen LogP contribution in [0.1, 0.15) is 11.8 Å². The summed E-state index contributed by atoms with van der Waals surface area (Å²) in [6.45, 7) is 2.90. The first-order valence-electron chi connectivity index (χ1n) is 5.30. The summed E-state index contributed by atoms with van der Waals surface area (Å²) in [6.07, 6.45) is 0. The summed E-state index contributed by atoms with van der Waals surface area (Å²) < 4.78 is 5.93. The number of aromatic nitrogens is 3. The largest absolute Gasteiger partial charge is 0.464 e. The topological polar surface area (TPSA) is 86.0 Å². The molecule has 0 bridgehead atoms. The molecule has 96 valence electrons. The van der Waals surface area contributed by atoms with Gasteiger partial charge in [-0.1, -0.05) is 11.6 Å². The zero-order valence-electron chi connectivity index (χ0n) is 9.68. The Bertz CT molecular complexity index is 533. The van der Waals surface area contributed by atoms with Gasteiger partial charge in [-0.3, -0.25) is 0 Å². The van der Waals surface area contributed by atoms with Crippen LogP contribution in [-0.2, 0) is 6.54 Å². The second-order valence-corrected chi connectivity index (χ2v) is 5.09. The predicted octanol–water partition coefficient (Wildman–Crippen LogP) is 2.18. The van der Waals surface area contributed by atoms with Gasteiger partial charge in [-0.25, -0.2) is 0 Å². The minimum Gasteiger partial charge on any atom is -0.464 e. The fraction of sp³-hybridized carbons (Fsp3) is 0.300. The Morgan fingerprint density at radius 1 is 1.39 bits per heavy atom. The van der Waals surface area contributed by atoms with Gasteiger partial charge in [-0.2, -0.15) is 15.0 Å². The highest BCUT2D eigenvalue weighted by Gasteiger charge is 2.05. The van der Waals surface area contributed by atoms with Gasteiger partial charge >= 0.3 is 6.01 Å². The van der Waals surface area contributed by atoms with Crippen LogP contribution in [0.5, 0.6) is 6.01 Å². The summed E-state index contributed by atoms with van der Waals surface area (Å²) >= 11 is 7.34. The van der Waals surface area contributed by atoms with Gasteiger partial charge in [-0.15, -0.1) is 11.3 Å². The first-order valence-corrected chi connectivity index (χ1v) is 6.49. The van der Waals surface area contributed by atoms with Crippen molar-refractivity contribution < 1.29 is 4.74 Å². The monoisotopic (exact) mass is 285 g/mol. The van der Waals surface area contributed by atoms with Gasteiger partial charge in [0.25, 0.3) is 0 Å². The Hall–Kier alpha value is -1.60. The molecule has 2 aromatic rings. The highest BCUT2D eigenvalue weighted by atomic mass is 35.5. The number of nitrogen functional groups attached to an aromatic ring is 1. The second-order valence-electron chi connectivity index (χ2n) is 3.29. The maximum absolute atomic E-state index is 5.84. The fourth-order valence-electron chi connectivity index (χ4n) is 1.26. The van der Waals surface area contributed by atoms with E-state index in [9.17, 15) is 0 Å². The molecular weight excluding hydrogens is 274 g/mol. The lowest BCUT2D eigenvalue weighted by Gasteiger charge is -2.06. The van der Waals surface area contributed by atoms with Crippen LogP contribution < -0.4 is 15.8 Å². The minimum atomic E-state index is 0.125. The van der Waals surface area contributed by atoms with Gasteiger partial charge in [0.15, 0.2) is 0 Å². The predicted molar refractivity (Wildman–Crippen MR) is 72.1 cm³/mol. The molecule has 18 heavy (non-hydrogen) atoms. The number of anilines is 2. The molecule has 0 saturated heterocycles. The summed E-state index contributed by atoms with van der Waals surface area (Å²) in [5, 5.41) is 3.04. The third-order valence-electron chi connectivity index (χ3n) is 1.96. The zero-order chi connectivity index (χ0) is 13.0. The molecule has 2 heterocycles. The molecule has 0 radical (unpaired) electrons. The van der Waals surface area contributed by atoms with Crippen LogP contribution in [0.3, 0.4) is 0 Å². The summed E-state index contributed by atoms with van der Waals surface area (Å²) in [7, 11) is 0. The Balaban J connectivity index is 2.04. The molecule has 2 aromatic heterocycles. The maximum Gasteiger partial charge on any atom is 0.323 e. The third-order valence-corrected chi connectivity index (χ3v) is 3.19. The van der Waals surface area contributed by atoms with Crippen molar-refractivity contribution in [2.24, 2.45) is 0 Å². The van der Waals surface area contributed by atoms with Crippen LogP contribution in [-0.4, -0.2) is 21.6 Å². The van der Waals surface area contributed by atoms with Crippen LogP contribution >= 0.6 is 22.9 Å². The molecule has 0 unspecified atom stereocenters. The summed E-state index contributed by atoms with van der Waals surface area (Å²) in [5.41, 5.74) is 5.56. The van der Waals surface area contributed by atoms with Crippen molar-refractivity contribution in [2.45, 2.75) is 13.5 Å². The average molecular weight is 286 g/mol. The van der Waals surface area contributed by atoms with Crippen LogP contribution in [0.25, 0.3) is 0 Å². The molecule has 8 heteroatoms. The van der Waals surface area contributed by atoms with Crippen LogP contribution in [0, 0.1) is 0 Å². The Labute approximate surface area is 113 Å². The van der Waals surface area contributed by atoms with Gasteiger partial charge in [0.05, 0.1) is 17.5 Å². The van der Waals surface area contributed by atoms with E-state index >= 15 is 0 Å². The van der Waals surface area contributed by atoms with Gasteiger partial charge in [-0.05, 0) is 19.1 Å². The molecule has 0 aliphatic rings. The number of ether oxygens (including phenoxy) is 1. The Morgan fingerprint density at radius 3 is 2.89 bits per heavy atom. The van der Waals surface area contributed by atoms with Crippen molar-refractivity contribution in [1.29, 1.82) is 0 Å². The second kappa shape index (κ2) is 5.83. The lowest BCUT2D eigenvalue weighted by Crippen LogP contribution is -2.08. The summed E-state index contributed by atoms with van der Waals surface area (Å²) in [4.78, 5) is 13.0. The Morgan fingerprint density at radius 2 is 2.22 bits per heavy atom. The van der Waals surface area contributed by atoms with E-state index in [1.165, 1.54) is 11.3 Å². The van der Waals surface area contributed by atoms with E-state index in [0.717, 1.165) is 9.21 Å². The zero-order valence-corrected chi connectivity index (χ0v) is 11.3. The summed E-state index contributed by atoms with van der Waals surface area (Å²) in [5.74, 6) is 0.510. The fourth-order valence-corrected chi connectivity index (χ4v) is 2.28. The van der Waals surface area contributed by atoms with Crippen molar-refractivity contribution in [1.82, 2.24) is 15.0 Å². The van der Waals surface area contributed by atoms with Crippen LogP contribution in [0.15, 0.2) is 12.1 Å². The number of rotatable bonds is 5. The highest BCUT2D eigenvalue weighted by Crippen LogP contribution is 2.22. The molecule has 0 fully saturated rings. The van der Waals surface area contributed by atoms with E-state index in [2.05, 4.69) is 20.3 Å². The van der Waals surface area contributed by atoms with Gasteiger partial charge < -0.3 is 15.8 Å². The SMILES string of the molecule is CCOc1nc(N)nc(NCc2ccc(Cl)s2)n1. The Kier molecular flexibility index (Phi) is 4.16. The summed E-state index contributed by atoms with van der Waals surface area (Å²) in [6, 6.07) is 4.00. The van der Waals surface area contributed by atoms with Crippen molar-refractivity contribution in [3.63, 3.8) is 0 Å². The van der Waals surface area contributed by atoms with Crippen molar-refractivity contribution in [3.8, 4) is 6.01 Å². The van der Waals surface area contributed by atoms with Gasteiger partial charge in [0, 0.05) is 4.88 Å². The molecule has 0 spiro atoms. The molecule has 0 saturated carbocycles. The molecule has 2 rings (SSSR count). The number of hydrogen-bond donors (Lipinski definition) is 2. The van der Waals surface area contributed by atoms with E-state index in [1.807, 2.05) is 19.1 Å². The van der Waals surface area contributed by atoms with E-state index in [4.69, 9.17) is 22.1 Å². The minimum absolute atomic E-state index is 0.125. The van der Waals surface area contributed by atoms with Crippen molar-refractivity contribution in [2.75, 3.05) is 17.7 Å². The number of hydrogen-bond acceptors (Lipinski definition) is 7. The normalized spacial score (nSPS) is 10.3.